The molecule has 2 aliphatic rings. The number of rotatable bonds is 7. The topological polar surface area (TPSA) is 308 Å². The molecule has 2 aliphatic heterocycles. The molecule has 202 valence electrons. The molecule has 3 unspecified atom stereocenters. The van der Waals surface area contributed by atoms with E-state index in [4.69, 9.17) is 0 Å². The van der Waals surface area contributed by atoms with Gasteiger partial charge < -0.3 is 42.9 Å². The van der Waals surface area contributed by atoms with Crippen molar-refractivity contribution in [3.63, 3.8) is 0 Å². The minimum absolute atomic E-state index is 0. The number of aromatic nitrogens is 4. The van der Waals surface area contributed by atoms with Crippen LogP contribution in [0.3, 0.4) is 0 Å². The van der Waals surface area contributed by atoms with Crippen LogP contribution in [-0.2, 0) is 21.4 Å². The normalized spacial score (nSPS) is 18.4. The Morgan fingerprint density at radius 1 is 1.19 bits per heavy atom. The molecule has 36 heavy (non-hydrogen) atoms. The number of thioether (sulfide) groups is 2. The second-order valence-corrected chi connectivity index (χ2v) is 8.89. The predicted octanol–water partition coefficient (Wildman–Crippen LogP) is -4.35. The summed E-state index contributed by atoms with van der Waals surface area (Å²) in [5.41, 5.74) is 0.901. The lowest BCUT2D eigenvalue weighted by molar-refractivity contribution is -0.151. The number of hydrogen-bond acceptors (Lipinski definition) is 9. The minimum atomic E-state index is -1.42. The molecule has 2 amide bonds. The summed E-state index contributed by atoms with van der Waals surface area (Å²) in [4.78, 5) is 38.2. The van der Waals surface area contributed by atoms with Crippen LogP contribution < -0.4 is 5.32 Å². The second-order valence-electron chi connectivity index (χ2n) is 6.84. The molecule has 16 nitrogen and oxygen atoms in total. The van der Waals surface area contributed by atoms with Crippen molar-refractivity contribution in [1.82, 2.24) is 30.4 Å². The fourth-order valence-electron chi connectivity index (χ4n) is 3.31. The van der Waals surface area contributed by atoms with E-state index in [1.165, 1.54) is 33.1 Å². The van der Waals surface area contributed by atoms with Crippen molar-refractivity contribution < 1.29 is 52.0 Å². The van der Waals surface area contributed by atoms with E-state index in [1.54, 1.807) is 37.4 Å². The number of aliphatic hydroxyl groups is 1. The van der Waals surface area contributed by atoms with E-state index < -0.39 is 35.3 Å². The monoisotopic (exact) mass is 552 g/mol. The van der Waals surface area contributed by atoms with E-state index in [1.807, 2.05) is 0 Å². The molecule has 3 heterocycles. The number of benzene rings is 1. The highest BCUT2D eigenvalue weighted by Crippen LogP contribution is 2.41. The number of aliphatic hydroxyl groups excluding tert-OH is 1. The lowest BCUT2D eigenvalue weighted by Crippen LogP contribution is -2.70. The minimum Gasteiger partial charge on any atom is -0.477 e. The molecule has 0 aliphatic carbocycles. The van der Waals surface area contributed by atoms with Crippen LogP contribution in [0.25, 0.3) is 0 Å². The van der Waals surface area contributed by atoms with Crippen molar-refractivity contribution in [2.75, 3.05) is 11.5 Å². The van der Waals surface area contributed by atoms with Gasteiger partial charge in [0, 0.05) is 18.6 Å². The first-order valence-corrected chi connectivity index (χ1v) is 11.2. The van der Waals surface area contributed by atoms with Crippen molar-refractivity contribution in [2.45, 2.75) is 22.7 Å². The van der Waals surface area contributed by atoms with Crippen LogP contribution in [0, 0.1) is 0 Å². The number of nitrogens with one attached hydrogen (secondary N) is 1. The van der Waals surface area contributed by atoms with Crippen LogP contribution in [0.15, 0.2) is 46.8 Å². The van der Waals surface area contributed by atoms with E-state index in [-0.39, 0.29) is 33.1 Å². The van der Waals surface area contributed by atoms with E-state index in [0.717, 1.165) is 0 Å². The molecule has 0 saturated carbocycles. The van der Waals surface area contributed by atoms with Gasteiger partial charge in [-0.1, -0.05) is 42.1 Å². The Bertz CT molecular complexity index is 1070. The standard InChI is InChI=1S/C18H18N6O5S2.5H2O/c1-23-18(20-21-22-23)31-8-10-7-30-16-11(15(27)24(16)12(10)17(28)29)19-14(26)13(25)9-5-3-2-4-6-9;;;;;/h2-6,11,13,16,25H,7-8H2,1H3,(H,19,26)(H,28,29);5*1H2. The first-order chi connectivity index (χ1) is 14.9. The van der Waals surface area contributed by atoms with E-state index in [0.29, 0.717) is 27.8 Å². The lowest BCUT2D eigenvalue weighted by atomic mass is 10.0. The molecule has 13 N–H and O–H groups in total. The maximum atomic E-state index is 12.7. The van der Waals surface area contributed by atoms with E-state index >= 15 is 0 Å². The molecule has 1 aromatic heterocycles. The molecular formula is C18H28N6O10S2. The SMILES string of the molecule is Cn1nnnc1SCC1=C(C(=O)O)N2C(=O)C(NC(=O)C(O)c3ccccc3)C2SC1.O.O.O.O.O. The van der Waals surface area contributed by atoms with Crippen LogP contribution in [0.2, 0.25) is 0 Å². The first-order valence-electron chi connectivity index (χ1n) is 9.17. The molecule has 0 bridgehead atoms. The number of aryl methyl sites for hydroxylation is 1. The average molecular weight is 553 g/mol. The molecule has 0 spiro atoms. The summed E-state index contributed by atoms with van der Waals surface area (Å²) < 4.78 is 1.48. The molecule has 2 aromatic rings. The smallest absolute Gasteiger partial charge is 0.352 e. The Hall–Kier alpha value is -3.10. The largest absolute Gasteiger partial charge is 0.477 e. The Labute approximate surface area is 212 Å². The number of carboxylic acids is 1. The molecule has 1 aromatic carbocycles. The van der Waals surface area contributed by atoms with Crippen LogP contribution >= 0.6 is 23.5 Å². The van der Waals surface area contributed by atoms with Gasteiger partial charge in [-0.2, -0.15) is 0 Å². The number of nitrogens with zero attached hydrogens (tertiary/aromatic N) is 5. The van der Waals surface area contributed by atoms with Gasteiger partial charge in [-0.05, 0) is 21.6 Å². The summed E-state index contributed by atoms with van der Waals surface area (Å²) in [6, 6.07) is 7.46. The van der Waals surface area contributed by atoms with Gasteiger partial charge in [-0.25, -0.2) is 9.48 Å². The Balaban J connectivity index is 0. The van der Waals surface area contributed by atoms with Gasteiger partial charge in [0.15, 0.2) is 6.10 Å². The predicted molar refractivity (Wildman–Crippen MR) is 129 cm³/mol. The second kappa shape index (κ2) is 14.5. The van der Waals surface area contributed by atoms with Crippen LogP contribution in [-0.4, -0.2) is 103 Å². The van der Waals surface area contributed by atoms with Crippen LogP contribution in [0.4, 0.5) is 0 Å². The van der Waals surface area contributed by atoms with E-state index in [2.05, 4.69) is 20.8 Å². The van der Waals surface area contributed by atoms with Crippen LogP contribution in [0.1, 0.15) is 11.7 Å². The van der Waals surface area contributed by atoms with Crippen molar-refractivity contribution in [3.8, 4) is 0 Å². The zero-order chi connectivity index (χ0) is 22.1. The molecule has 1 fully saturated rings. The number of hydrogen-bond donors (Lipinski definition) is 3. The maximum absolute atomic E-state index is 12.7. The van der Waals surface area contributed by atoms with Crippen molar-refractivity contribution in [2.24, 2.45) is 7.05 Å². The third kappa shape index (κ3) is 6.56. The summed E-state index contributed by atoms with van der Waals surface area (Å²) in [6.07, 6.45) is -1.42. The van der Waals surface area contributed by atoms with Gasteiger partial charge in [-0.15, -0.1) is 16.9 Å². The van der Waals surface area contributed by atoms with Gasteiger partial charge in [0.25, 0.3) is 11.8 Å². The summed E-state index contributed by atoms with van der Waals surface area (Å²) in [7, 11) is 1.68. The summed E-state index contributed by atoms with van der Waals surface area (Å²) in [6.45, 7) is 0. The average Bonchev–Trinajstić information content (AvgIpc) is 3.19. The molecular weight excluding hydrogens is 524 g/mol. The zero-order valence-corrected chi connectivity index (χ0v) is 20.3. The summed E-state index contributed by atoms with van der Waals surface area (Å²) >= 11 is 2.64. The lowest BCUT2D eigenvalue weighted by Gasteiger charge is -2.49. The highest BCUT2D eigenvalue weighted by Gasteiger charge is 2.54. The number of carbonyl (C=O) groups is 3. The highest BCUT2D eigenvalue weighted by atomic mass is 32.2. The molecule has 18 heteroatoms. The van der Waals surface area contributed by atoms with Crippen molar-refractivity contribution >= 4 is 41.3 Å². The molecule has 0 radical (unpaired) electrons. The molecule has 1 saturated heterocycles. The third-order valence-corrected chi connectivity index (χ3v) is 7.30. The highest BCUT2D eigenvalue weighted by molar-refractivity contribution is 8.01. The van der Waals surface area contributed by atoms with Gasteiger partial charge in [0.05, 0.1) is 0 Å². The maximum Gasteiger partial charge on any atom is 0.352 e. The van der Waals surface area contributed by atoms with Gasteiger partial charge in [0.2, 0.25) is 5.16 Å². The number of carboxylic acid groups (broad SMARTS) is 1. The zero-order valence-electron chi connectivity index (χ0n) is 18.7. The fraction of sp³-hybridized carbons (Fsp3) is 0.333. The number of tetrazole rings is 1. The number of amides is 2. The number of β-lactam (4-membered cyclic amide) rings is 1. The van der Waals surface area contributed by atoms with Gasteiger partial charge in [0.1, 0.15) is 17.1 Å². The quantitative estimate of drug-likeness (QED) is 0.219. The number of aliphatic carboxylic acids is 1. The van der Waals surface area contributed by atoms with Crippen molar-refractivity contribution in [3.05, 3.63) is 47.2 Å². The number of carbonyl (C=O) groups excluding carboxylic acids is 2. The van der Waals surface area contributed by atoms with Gasteiger partial charge in [-0.3, -0.25) is 14.5 Å². The van der Waals surface area contributed by atoms with E-state index in [9.17, 15) is 24.6 Å². The molecule has 3 atom stereocenters. The summed E-state index contributed by atoms with van der Waals surface area (Å²) in [5.74, 6) is -1.75. The Morgan fingerprint density at radius 2 is 1.83 bits per heavy atom. The van der Waals surface area contributed by atoms with Crippen LogP contribution in [0.5, 0.6) is 0 Å². The summed E-state index contributed by atoms with van der Waals surface area (Å²) in [5, 5.41) is 33.6. The Morgan fingerprint density at radius 3 is 2.39 bits per heavy atom. The first kappa shape index (κ1) is 35.1. The number of fused-ring (bicyclic) bond motifs is 1. The van der Waals surface area contributed by atoms with Gasteiger partial charge >= 0.3 is 5.97 Å². The fourth-order valence-corrected chi connectivity index (χ4v) is 5.64. The third-order valence-electron chi connectivity index (χ3n) is 4.87. The Kier molecular flexibility index (Phi) is 14.1. The van der Waals surface area contributed by atoms with Crippen molar-refractivity contribution in [1.29, 1.82) is 0 Å². The molecule has 4 rings (SSSR count).